The van der Waals surface area contributed by atoms with Crippen molar-refractivity contribution in [2.45, 2.75) is 6.61 Å². The average Bonchev–Trinajstić information content (AvgIpc) is 2.39. The zero-order chi connectivity index (χ0) is 12.3. The van der Waals surface area contributed by atoms with E-state index in [2.05, 4.69) is 4.98 Å². The number of methoxy groups -OCH3 is 1. The van der Waals surface area contributed by atoms with Gasteiger partial charge in [-0.05, 0) is 17.7 Å². The fourth-order valence-corrected chi connectivity index (χ4v) is 1.53. The standard InChI is InChI=1S/C13H12FNO2/c1-17-13-5-4-10(7-15-13)9-2-3-11(8-16)12(14)6-9/h2-7,16H,8H2,1H3. The number of hydrogen-bond donors (Lipinski definition) is 1. The third kappa shape index (κ3) is 2.42. The van der Waals surface area contributed by atoms with Crippen molar-refractivity contribution in [3.8, 4) is 17.0 Å². The maximum absolute atomic E-state index is 13.5. The SMILES string of the molecule is COc1ccc(-c2ccc(CO)c(F)c2)cn1. The summed E-state index contributed by atoms with van der Waals surface area (Å²) in [7, 11) is 1.54. The van der Waals surface area contributed by atoms with Crippen LogP contribution in [0.3, 0.4) is 0 Å². The molecule has 1 N–H and O–H groups in total. The van der Waals surface area contributed by atoms with Gasteiger partial charge in [-0.3, -0.25) is 0 Å². The molecule has 1 heterocycles. The summed E-state index contributed by atoms with van der Waals surface area (Å²) in [4.78, 5) is 4.05. The number of aliphatic hydroxyl groups is 1. The Kier molecular flexibility index (Phi) is 3.35. The van der Waals surface area contributed by atoms with Crippen molar-refractivity contribution >= 4 is 0 Å². The lowest BCUT2D eigenvalue weighted by Crippen LogP contribution is -1.91. The van der Waals surface area contributed by atoms with Crippen LogP contribution in [0.2, 0.25) is 0 Å². The van der Waals surface area contributed by atoms with Gasteiger partial charge in [0.1, 0.15) is 5.82 Å². The number of ether oxygens (including phenoxy) is 1. The van der Waals surface area contributed by atoms with E-state index in [-0.39, 0.29) is 12.2 Å². The van der Waals surface area contributed by atoms with Crippen molar-refractivity contribution in [2.75, 3.05) is 7.11 Å². The van der Waals surface area contributed by atoms with Crippen LogP contribution in [0.5, 0.6) is 5.88 Å². The molecule has 0 aliphatic carbocycles. The van der Waals surface area contributed by atoms with Gasteiger partial charge in [0.25, 0.3) is 0 Å². The summed E-state index contributed by atoms with van der Waals surface area (Å²) in [5.74, 6) is 0.0991. The minimum atomic E-state index is -0.416. The Morgan fingerprint density at radius 1 is 1.24 bits per heavy atom. The molecule has 0 amide bonds. The predicted octanol–water partition coefficient (Wildman–Crippen LogP) is 2.39. The normalized spacial score (nSPS) is 10.3. The molecule has 0 saturated heterocycles. The minimum Gasteiger partial charge on any atom is -0.481 e. The highest BCUT2D eigenvalue weighted by atomic mass is 19.1. The number of aromatic nitrogens is 1. The minimum absolute atomic E-state index is 0.287. The summed E-state index contributed by atoms with van der Waals surface area (Å²) >= 11 is 0. The molecule has 3 nitrogen and oxygen atoms in total. The second-order valence-electron chi connectivity index (χ2n) is 3.55. The Balaban J connectivity index is 2.35. The van der Waals surface area contributed by atoms with Crippen molar-refractivity contribution < 1.29 is 14.2 Å². The van der Waals surface area contributed by atoms with Gasteiger partial charge in [0, 0.05) is 23.4 Å². The Morgan fingerprint density at radius 2 is 2.00 bits per heavy atom. The van der Waals surface area contributed by atoms with Crippen LogP contribution < -0.4 is 4.74 Å². The van der Waals surface area contributed by atoms with Gasteiger partial charge in [0.05, 0.1) is 13.7 Å². The van der Waals surface area contributed by atoms with E-state index >= 15 is 0 Å². The topological polar surface area (TPSA) is 42.4 Å². The van der Waals surface area contributed by atoms with Crippen molar-refractivity contribution in [2.24, 2.45) is 0 Å². The largest absolute Gasteiger partial charge is 0.481 e. The van der Waals surface area contributed by atoms with Crippen LogP contribution in [0.1, 0.15) is 5.56 Å². The number of benzene rings is 1. The van der Waals surface area contributed by atoms with E-state index in [4.69, 9.17) is 9.84 Å². The van der Waals surface area contributed by atoms with E-state index in [1.165, 1.54) is 13.2 Å². The molecule has 0 fully saturated rings. The molecular formula is C13H12FNO2. The molecule has 2 aromatic rings. The van der Waals surface area contributed by atoms with Crippen LogP contribution in [0.4, 0.5) is 4.39 Å². The Bertz CT molecular complexity index is 511. The van der Waals surface area contributed by atoms with Crippen molar-refractivity contribution in [1.82, 2.24) is 4.98 Å². The van der Waals surface area contributed by atoms with Gasteiger partial charge in [-0.2, -0.15) is 0 Å². The Labute approximate surface area is 98.5 Å². The van der Waals surface area contributed by atoms with E-state index in [1.807, 2.05) is 0 Å². The quantitative estimate of drug-likeness (QED) is 0.885. The smallest absolute Gasteiger partial charge is 0.212 e. The number of aliphatic hydroxyl groups excluding tert-OH is 1. The fourth-order valence-electron chi connectivity index (χ4n) is 1.53. The van der Waals surface area contributed by atoms with Gasteiger partial charge in [-0.25, -0.2) is 9.37 Å². The van der Waals surface area contributed by atoms with Gasteiger partial charge in [0.2, 0.25) is 5.88 Å². The molecule has 0 atom stereocenters. The molecule has 1 aromatic carbocycles. The molecular weight excluding hydrogens is 221 g/mol. The lowest BCUT2D eigenvalue weighted by Gasteiger charge is -2.05. The molecule has 17 heavy (non-hydrogen) atoms. The number of halogens is 1. The predicted molar refractivity (Wildman–Crippen MR) is 62.1 cm³/mol. The summed E-state index contributed by atoms with van der Waals surface area (Å²) < 4.78 is 18.4. The number of hydrogen-bond acceptors (Lipinski definition) is 3. The van der Waals surface area contributed by atoms with Crippen molar-refractivity contribution in [1.29, 1.82) is 0 Å². The molecule has 0 aliphatic heterocycles. The lowest BCUT2D eigenvalue weighted by molar-refractivity contribution is 0.276. The highest BCUT2D eigenvalue weighted by molar-refractivity contribution is 5.63. The van der Waals surface area contributed by atoms with Crippen LogP contribution in [-0.2, 0) is 6.61 Å². The molecule has 4 heteroatoms. The Morgan fingerprint density at radius 3 is 2.53 bits per heavy atom. The summed E-state index contributed by atoms with van der Waals surface area (Å²) in [6.07, 6.45) is 1.62. The number of nitrogens with zero attached hydrogens (tertiary/aromatic N) is 1. The summed E-state index contributed by atoms with van der Waals surface area (Å²) in [6.45, 7) is -0.299. The first-order valence-corrected chi connectivity index (χ1v) is 5.14. The third-order valence-corrected chi connectivity index (χ3v) is 2.50. The monoisotopic (exact) mass is 233 g/mol. The van der Waals surface area contributed by atoms with Crippen molar-refractivity contribution in [3.05, 3.63) is 47.9 Å². The van der Waals surface area contributed by atoms with Crippen LogP contribution in [0.25, 0.3) is 11.1 Å². The molecule has 0 aliphatic rings. The lowest BCUT2D eigenvalue weighted by atomic mass is 10.1. The van der Waals surface area contributed by atoms with Crippen LogP contribution in [0.15, 0.2) is 36.5 Å². The van der Waals surface area contributed by atoms with E-state index in [0.29, 0.717) is 5.88 Å². The maximum atomic E-state index is 13.5. The molecule has 0 spiro atoms. The van der Waals surface area contributed by atoms with Gasteiger partial charge >= 0.3 is 0 Å². The summed E-state index contributed by atoms with van der Waals surface area (Å²) in [6, 6.07) is 8.22. The van der Waals surface area contributed by atoms with Crippen LogP contribution in [-0.4, -0.2) is 17.2 Å². The molecule has 0 radical (unpaired) electrons. The first kappa shape index (κ1) is 11.5. The van der Waals surface area contributed by atoms with Gasteiger partial charge < -0.3 is 9.84 Å². The molecule has 88 valence electrons. The number of pyridine rings is 1. The third-order valence-electron chi connectivity index (χ3n) is 2.50. The zero-order valence-corrected chi connectivity index (χ0v) is 9.35. The fraction of sp³-hybridized carbons (Fsp3) is 0.154. The summed E-state index contributed by atoms with van der Waals surface area (Å²) in [5.41, 5.74) is 1.80. The molecule has 2 rings (SSSR count). The molecule has 0 saturated carbocycles. The summed E-state index contributed by atoms with van der Waals surface area (Å²) in [5, 5.41) is 8.88. The van der Waals surface area contributed by atoms with Gasteiger partial charge in [-0.15, -0.1) is 0 Å². The second kappa shape index (κ2) is 4.93. The molecule has 0 bridgehead atoms. The van der Waals surface area contributed by atoms with E-state index < -0.39 is 5.82 Å². The maximum Gasteiger partial charge on any atom is 0.212 e. The second-order valence-corrected chi connectivity index (χ2v) is 3.55. The van der Waals surface area contributed by atoms with E-state index in [1.54, 1.807) is 30.5 Å². The highest BCUT2D eigenvalue weighted by Crippen LogP contribution is 2.22. The van der Waals surface area contributed by atoms with E-state index in [9.17, 15) is 4.39 Å². The first-order valence-electron chi connectivity index (χ1n) is 5.14. The first-order chi connectivity index (χ1) is 8.24. The van der Waals surface area contributed by atoms with Gasteiger partial charge in [-0.1, -0.05) is 12.1 Å². The molecule has 1 aromatic heterocycles. The number of rotatable bonds is 3. The Hall–Kier alpha value is -1.94. The van der Waals surface area contributed by atoms with Gasteiger partial charge in [0.15, 0.2) is 0 Å². The average molecular weight is 233 g/mol. The van der Waals surface area contributed by atoms with Crippen molar-refractivity contribution in [3.63, 3.8) is 0 Å². The molecule has 0 unspecified atom stereocenters. The highest BCUT2D eigenvalue weighted by Gasteiger charge is 2.04. The zero-order valence-electron chi connectivity index (χ0n) is 9.35. The van der Waals surface area contributed by atoms with Crippen LogP contribution in [0, 0.1) is 5.82 Å². The van der Waals surface area contributed by atoms with E-state index in [0.717, 1.165) is 11.1 Å². The van der Waals surface area contributed by atoms with Crippen LogP contribution >= 0.6 is 0 Å².